The second-order valence-electron chi connectivity index (χ2n) is 8.19. The zero-order chi connectivity index (χ0) is 21.2. The van der Waals surface area contributed by atoms with Gasteiger partial charge in [-0.1, -0.05) is 12.1 Å². The number of hydrogen-bond acceptors (Lipinski definition) is 3. The Kier molecular flexibility index (Phi) is 12.1. The molecule has 7 nitrogen and oxygen atoms in total. The zero-order valence-electron chi connectivity index (χ0n) is 19.0. The number of nitrogens with one attached hydrogen (secondary N) is 4. The molecule has 170 valence electrons. The average molecular weight is 530 g/mol. The van der Waals surface area contributed by atoms with Crippen LogP contribution in [-0.2, 0) is 6.54 Å². The van der Waals surface area contributed by atoms with Gasteiger partial charge in [-0.3, -0.25) is 0 Å². The molecule has 1 fully saturated rings. The van der Waals surface area contributed by atoms with Crippen molar-refractivity contribution in [1.82, 2.24) is 20.9 Å². The number of piperidine rings is 1. The van der Waals surface area contributed by atoms with Gasteiger partial charge in [-0.15, -0.1) is 24.0 Å². The number of halogens is 1. The molecule has 1 aromatic carbocycles. The fourth-order valence-electron chi connectivity index (χ4n) is 3.37. The fraction of sp³-hybridized carbons (Fsp3) is 0.636. The molecule has 0 unspecified atom stereocenters. The highest BCUT2D eigenvalue weighted by Gasteiger charge is 2.21. The third kappa shape index (κ3) is 9.51. The number of rotatable bonds is 7. The van der Waals surface area contributed by atoms with Crippen molar-refractivity contribution >= 4 is 41.7 Å². The molecule has 0 aromatic heterocycles. The van der Waals surface area contributed by atoms with Crippen molar-refractivity contribution in [2.45, 2.75) is 72.1 Å². The molecular weight excluding hydrogens is 491 g/mol. The number of carbonyl (C=O) groups excluding carboxylic acids is 1. The Balaban J connectivity index is 0.00000450. The maximum absolute atomic E-state index is 11.8. The number of aliphatic imine (C=N–C) groups is 1. The largest absolute Gasteiger partial charge is 0.357 e. The Morgan fingerprint density at radius 3 is 2.30 bits per heavy atom. The number of urea groups is 1. The molecule has 30 heavy (non-hydrogen) atoms. The van der Waals surface area contributed by atoms with Crippen molar-refractivity contribution < 1.29 is 4.79 Å². The lowest BCUT2D eigenvalue weighted by molar-refractivity contribution is 0.167. The van der Waals surface area contributed by atoms with E-state index >= 15 is 0 Å². The summed E-state index contributed by atoms with van der Waals surface area (Å²) < 4.78 is 0. The van der Waals surface area contributed by atoms with Gasteiger partial charge in [0.2, 0.25) is 0 Å². The van der Waals surface area contributed by atoms with Gasteiger partial charge in [0.05, 0.1) is 6.54 Å². The Bertz CT molecular complexity index is 654. The molecule has 2 rings (SSSR count). The predicted molar refractivity (Wildman–Crippen MR) is 137 cm³/mol. The monoisotopic (exact) mass is 530 g/mol. The summed E-state index contributed by atoms with van der Waals surface area (Å²) in [5.74, 6) is 0.869. The molecule has 1 aliphatic heterocycles. The summed E-state index contributed by atoms with van der Waals surface area (Å²) in [6.45, 7) is 14.2. The first-order chi connectivity index (χ1) is 13.9. The number of anilines is 1. The van der Waals surface area contributed by atoms with E-state index in [1.165, 1.54) is 0 Å². The molecule has 0 radical (unpaired) electrons. The van der Waals surface area contributed by atoms with Gasteiger partial charge in [0.25, 0.3) is 0 Å². The van der Waals surface area contributed by atoms with Crippen LogP contribution in [0.2, 0.25) is 0 Å². The molecule has 0 spiro atoms. The average Bonchev–Trinajstić information content (AvgIpc) is 2.67. The van der Waals surface area contributed by atoms with E-state index in [4.69, 9.17) is 4.99 Å². The van der Waals surface area contributed by atoms with E-state index < -0.39 is 0 Å². The smallest absolute Gasteiger partial charge is 0.319 e. The van der Waals surface area contributed by atoms with Crippen LogP contribution in [0.5, 0.6) is 0 Å². The molecule has 1 aliphatic rings. The van der Waals surface area contributed by atoms with Crippen LogP contribution in [0.1, 0.15) is 53.0 Å². The molecule has 4 N–H and O–H groups in total. The number of guanidine groups is 1. The molecule has 8 heteroatoms. The first-order valence-electron chi connectivity index (χ1n) is 10.8. The van der Waals surface area contributed by atoms with Gasteiger partial charge in [0, 0.05) is 43.4 Å². The first kappa shape index (κ1) is 26.5. The minimum absolute atomic E-state index is 0. The van der Waals surface area contributed by atoms with Gasteiger partial charge in [-0.2, -0.15) is 0 Å². The number of amides is 2. The number of nitrogens with zero attached hydrogens (tertiary/aromatic N) is 2. The number of carbonyl (C=O) groups is 1. The summed E-state index contributed by atoms with van der Waals surface area (Å²) in [6, 6.07) is 8.82. The van der Waals surface area contributed by atoms with E-state index in [1.807, 2.05) is 38.1 Å². The van der Waals surface area contributed by atoms with Crippen LogP contribution in [0, 0.1) is 0 Å². The topological polar surface area (TPSA) is 80.8 Å². The van der Waals surface area contributed by atoms with Crippen LogP contribution in [0.4, 0.5) is 10.5 Å². The number of benzene rings is 1. The standard InChI is InChI=1S/C22H38N6O.HI/c1-6-23-21(26-20-11-13-28(14-12-20)17(4)5)24-15-18-7-9-19(10-8-18)27-22(29)25-16(2)3;/h7-10,16-17,20H,6,11-15H2,1-5H3,(H2,23,24,26)(H2,25,27,29);1H. The highest BCUT2D eigenvalue weighted by Crippen LogP contribution is 2.13. The van der Waals surface area contributed by atoms with E-state index in [0.717, 1.165) is 49.7 Å². The molecule has 1 heterocycles. The molecule has 1 aromatic rings. The number of likely N-dealkylation sites (tertiary alicyclic amines) is 1. The second kappa shape index (κ2) is 13.7. The molecule has 1 saturated heterocycles. The lowest BCUT2D eigenvalue weighted by Gasteiger charge is -2.35. The first-order valence-corrected chi connectivity index (χ1v) is 10.8. The normalized spacial score (nSPS) is 15.6. The summed E-state index contributed by atoms with van der Waals surface area (Å²) in [4.78, 5) is 19.0. The van der Waals surface area contributed by atoms with Crippen LogP contribution in [0.3, 0.4) is 0 Å². The summed E-state index contributed by atoms with van der Waals surface area (Å²) in [7, 11) is 0. The molecule has 0 bridgehead atoms. The minimum Gasteiger partial charge on any atom is -0.357 e. The minimum atomic E-state index is -0.187. The van der Waals surface area contributed by atoms with Crippen molar-refractivity contribution in [3.63, 3.8) is 0 Å². The maximum atomic E-state index is 11.8. The van der Waals surface area contributed by atoms with Crippen LogP contribution in [-0.4, -0.2) is 54.7 Å². The summed E-state index contributed by atoms with van der Waals surface area (Å²) in [5, 5.41) is 12.6. The van der Waals surface area contributed by atoms with E-state index in [0.29, 0.717) is 18.6 Å². The van der Waals surface area contributed by atoms with E-state index in [2.05, 4.69) is 46.9 Å². The van der Waals surface area contributed by atoms with Crippen LogP contribution in [0.25, 0.3) is 0 Å². The van der Waals surface area contributed by atoms with E-state index in [-0.39, 0.29) is 36.0 Å². The summed E-state index contributed by atoms with van der Waals surface area (Å²) >= 11 is 0. The van der Waals surface area contributed by atoms with Crippen molar-refractivity contribution in [2.24, 2.45) is 4.99 Å². The molecule has 0 atom stereocenters. The lowest BCUT2D eigenvalue weighted by Crippen LogP contribution is -2.49. The third-order valence-corrected chi connectivity index (χ3v) is 5.00. The lowest BCUT2D eigenvalue weighted by atomic mass is 10.0. The van der Waals surface area contributed by atoms with Gasteiger partial charge < -0.3 is 26.2 Å². The fourth-order valence-corrected chi connectivity index (χ4v) is 3.37. The van der Waals surface area contributed by atoms with Gasteiger partial charge in [-0.25, -0.2) is 9.79 Å². The third-order valence-electron chi connectivity index (χ3n) is 5.00. The predicted octanol–water partition coefficient (Wildman–Crippen LogP) is 3.76. The Hall–Kier alpha value is -1.55. The summed E-state index contributed by atoms with van der Waals surface area (Å²) in [5.41, 5.74) is 1.88. The quantitative estimate of drug-likeness (QED) is 0.246. The maximum Gasteiger partial charge on any atom is 0.319 e. The zero-order valence-corrected chi connectivity index (χ0v) is 21.3. The number of hydrogen-bond donors (Lipinski definition) is 4. The van der Waals surface area contributed by atoms with Crippen molar-refractivity contribution in [3.05, 3.63) is 29.8 Å². The molecule has 0 aliphatic carbocycles. The molecular formula is C22H39IN6O. The second-order valence-corrected chi connectivity index (χ2v) is 8.19. The van der Waals surface area contributed by atoms with E-state index in [1.54, 1.807) is 0 Å². The highest BCUT2D eigenvalue weighted by atomic mass is 127. The van der Waals surface area contributed by atoms with Gasteiger partial charge >= 0.3 is 6.03 Å². The van der Waals surface area contributed by atoms with Crippen molar-refractivity contribution in [3.8, 4) is 0 Å². The van der Waals surface area contributed by atoms with E-state index in [9.17, 15) is 4.79 Å². The van der Waals surface area contributed by atoms with Gasteiger partial charge in [-0.05, 0) is 65.2 Å². The van der Waals surface area contributed by atoms with Crippen LogP contribution < -0.4 is 21.3 Å². The molecule has 2 amide bonds. The Labute approximate surface area is 198 Å². The van der Waals surface area contributed by atoms with Gasteiger partial charge in [0.1, 0.15) is 0 Å². The van der Waals surface area contributed by atoms with Crippen LogP contribution in [0.15, 0.2) is 29.3 Å². The van der Waals surface area contributed by atoms with Crippen molar-refractivity contribution in [1.29, 1.82) is 0 Å². The Morgan fingerprint density at radius 1 is 1.13 bits per heavy atom. The highest BCUT2D eigenvalue weighted by molar-refractivity contribution is 14.0. The van der Waals surface area contributed by atoms with Crippen molar-refractivity contribution in [2.75, 3.05) is 25.0 Å². The molecule has 0 saturated carbocycles. The van der Waals surface area contributed by atoms with Crippen LogP contribution >= 0.6 is 24.0 Å². The Morgan fingerprint density at radius 2 is 1.77 bits per heavy atom. The summed E-state index contributed by atoms with van der Waals surface area (Å²) in [6.07, 6.45) is 2.28. The SMILES string of the molecule is CCNC(=NCc1ccc(NC(=O)NC(C)C)cc1)NC1CCN(C(C)C)CC1.I. The van der Waals surface area contributed by atoms with Gasteiger partial charge in [0.15, 0.2) is 5.96 Å².